The van der Waals surface area contributed by atoms with E-state index in [9.17, 15) is 9.59 Å². The van der Waals surface area contributed by atoms with Gasteiger partial charge in [0.15, 0.2) is 6.61 Å². The van der Waals surface area contributed by atoms with Gasteiger partial charge in [0.1, 0.15) is 0 Å². The first-order chi connectivity index (χ1) is 12.6. The Hall–Kier alpha value is -3.10. The van der Waals surface area contributed by atoms with Crippen molar-refractivity contribution in [2.75, 3.05) is 13.2 Å². The smallest absolute Gasteiger partial charge is 0.331 e. The maximum absolute atomic E-state index is 11.7. The molecule has 1 N–H and O–H groups in total. The highest BCUT2D eigenvalue weighted by Crippen LogP contribution is 2.10. The molecule has 6 heteroatoms. The van der Waals surface area contributed by atoms with Gasteiger partial charge in [-0.3, -0.25) is 4.79 Å². The molecule has 0 heterocycles. The van der Waals surface area contributed by atoms with Crippen LogP contribution in [0.3, 0.4) is 0 Å². The first-order valence-electron chi connectivity index (χ1n) is 7.93. The van der Waals surface area contributed by atoms with E-state index in [0.29, 0.717) is 23.6 Å². The fourth-order valence-corrected chi connectivity index (χ4v) is 2.32. The third-order valence-electron chi connectivity index (χ3n) is 3.42. The van der Waals surface area contributed by atoms with Gasteiger partial charge in [-0.15, -0.1) is 0 Å². The molecule has 0 aliphatic rings. The maximum atomic E-state index is 11.7. The van der Waals surface area contributed by atoms with E-state index in [4.69, 9.17) is 21.6 Å². The summed E-state index contributed by atoms with van der Waals surface area (Å²) in [4.78, 5) is 23.3. The molecule has 0 bridgehead atoms. The summed E-state index contributed by atoms with van der Waals surface area (Å²) < 4.78 is 4.88. The molecule has 0 aromatic heterocycles. The first-order valence-corrected chi connectivity index (χ1v) is 8.31. The highest BCUT2D eigenvalue weighted by molar-refractivity contribution is 6.30. The van der Waals surface area contributed by atoms with Gasteiger partial charge in [-0.25, -0.2) is 4.79 Å². The maximum Gasteiger partial charge on any atom is 0.331 e. The molecular weight excluding hydrogens is 352 g/mol. The lowest BCUT2D eigenvalue weighted by Gasteiger charge is -2.06. The van der Waals surface area contributed by atoms with Crippen LogP contribution in [-0.4, -0.2) is 25.0 Å². The molecule has 1 amide bonds. The summed E-state index contributed by atoms with van der Waals surface area (Å²) in [7, 11) is 0. The molecule has 2 rings (SSSR count). The zero-order valence-electron chi connectivity index (χ0n) is 13.9. The lowest BCUT2D eigenvalue weighted by Crippen LogP contribution is -2.30. The number of nitrogens with zero attached hydrogens (tertiary/aromatic N) is 1. The minimum Gasteiger partial charge on any atom is -0.452 e. The van der Waals surface area contributed by atoms with Crippen molar-refractivity contribution in [3.63, 3.8) is 0 Å². The molecule has 0 aliphatic heterocycles. The lowest BCUT2D eigenvalue weighted by atomic mass is 10.1. The summed E-state index contributed by atoms with van der Waals surface area (Å²) in [6.07, 6.45) is 3.43. The molecule has 0 fully saturated rings. The number of ether oxygens (including phenoxy) is 1. The van der Waals surface area contributed by atoms with Crippen molar-refractivity contribution >= 4 is 29.6 Å². The van der Waals surface area contributed by atoms with Crippen LogP contribution in [0.2, 0.25) is 5.02 Å². The average molecular weight is 369 g/mol. The molecule has 0 saturated heterocycles. The summed E-state index contributed by atoms with van der Waals surface area (Å²) in [5.41, 5.74) is 2.31. The SMILES string of the molecule is N#Cc1ccc(/C=C/C(=O)OCC(=O)NCCc2cccc(Cl)c2)cc1. The molecule has 2 aromatic carbocycles. The van der Waals surface area contributed by atoms with Crippen molar-refractivity contribution in [1.29, 1.82) is 5.26 Å². The van der Waals surface area contributed by atoms with Gasteiger partial charge in [0, 0.05) is 17.6 Å². The summed E-state index contributed by atoms with van der Waals surface area (Å²) in [6.45, 7) is 0.0872. The van der Waals surface area contributed by atoms with Crippen LogP contribution in [0.4, 0.5) is 0 Å². The van der Waals surface area contributed by atoms with Gasteiger partial charge in [0.25, 0.3) is 5.91 Å². The number of hydrogen-bond donors (Lipinski definition) is 1. The molecule has 2 aromatic rings. The fraction of sp³-hybridized carbons (Fsp3) is 0.150. The van der Waals surface area contributed by atoms with Crippen LogP contribution in [0, 0.1) is 11.3 Å². The highest BCUT2D eigenvalue weighted by Gasteiger charge is 2.05. The van der Waals surface area contributed by atoms with Gasteiger partial charge in [-0.2, -0.15) is 5.26 Å². The van der Waals surface area contributed by atoms with Crippen LogP contribution in [0.15, 0.2) is 54.6 Å². The van der Waals surface area contributed by atoms with Crippen molar-refractivity contribution < 1.29 is 14.3 Å². The zero-order valence-corrected chi connectivity index (χ0v) is 14.7. The molecule has 132 valence electrons. The Morgan fingerprint density at radius 3 is 2.65 bits per heavy atom. The second-order valence-electron chi connectivity index (χ2n) is 5.40. The van der Waals surface area contributed by atoms with Crippen molar-refractivity contribution in [2.24, 2.45) is 0 Å². The van der Waals surface area contributed by atoms with Gasteiger partial charge >= 0.3 is 5.97 Å². The number of hydrogen-bond acceptors (Lipinski definition) is 4. The Kier molecular flexibility index (Phi) is 7.41. The van der Waals surface area contributed by atoms with Crippen LogP contribution in [0.25, 0.3) is 6.08 Å². The number of nitriles is 1. The number of amides is 1. The van der Waals surface area contributed by atoms with Crippen LogP contribution in [0.5, 0.6) is 0 Å². The van der Waals surface area contributed by atoms with Crippen molar-refractivity contribution in [3.05, 3.63) is 76.3 Å². The van der Waals surface area contributed by atoms with E-state index in [2.05, 4.69) is 5.32 Å². The zero-order chi connectivity index (χ0) is 18.8. The third-order valence-corrected chi connectivity index (χ3v) is 3.66. The topological polar surface area (TPSA) is 79.2 Å². The molecule has 0 spiro atoms. The van der Waals surface area contributed by atoms with Crippen molar-refractivity contribution in [3.8, 4) is 6.07 Å². The van der Waals surface area contributed by atoms with E-state index < -0.39 is 5.97 Å². The molecule has 26 heavy (non-hydrogen) atoms. The van der Waals surface area contributed by atoms with E-state index in [0.717, 1.165) is 11.1 Å². The monoisotopic (exact) mass is 368 g/mol. The minimum atomic E-state index is -0.612. The number of benzene rings is 2. The number of esters is 1. The van der Waals surface area contributed by atoms with E-state index in [1.807, 2.05) is 24.3 Å². The summed E-state index contributed by atoms with van der Waals surface area (Å²) in [6, 6.07) is 16.1. The van der Waals surface area contributed by atoms with Crippen LogP contribution >= 0.6 is 11.6 Å². The standard InChI is InChI=1S/C20H17ClN2O3/c21-18-3-1-2-16(12-18)10-11-23-19(24)14-26-20(25)9-8-15-4-6-17(13-22)7-5-15/h1-9,12H,10-11,14H2,(H,23,24)/b9-8+. The average Bonchev–Trinajstić information content (AvgIpc) is 2.65. The number of carbonyl (C=O) groups excluding carboxylic acids is 2. The Labute approximate surface area is 156 Å². The number of carbonyl (C=O) groups is 2. The molecule has 0 unspecified atom stereocenters. The predicted octanol–water partition coefficient (Wildman–Crippen LogP) is 3.13. The molecule has 0 saturated carbocycles. The third kappa shape index (κ3) is 6.80. The van der Waals surface area contributed by atoms with Gasteiger partial charge in [-0.05, 0) is 47.9 Å². The van der Waals surface area contributed by atoms with Crippen LogP contribution < -0.4 is 5.32 Å². The van der Waals surface area contributed by atoms with E-state index in [1.165, 1.54) is 6.08 Å². The Morgan fingerprint density at radius 1 is 1.19 bits per heavy atom. The van der Waals surface area contributed by atoms with Gasteiger partial charge in [0.05, 0.1) is 11.6 Å². The molecule has 0 atom stereocenters. The second kappa shape index (κ2) is 10.0. The Balaban J connectivity index is 1.68. The van der Waals surface area contributed by atoms with Gasteiger partial charge < -0.3 is 10.1 Å². The van der Waals surface area contributed by atoms with Crippen LogP contribution in [0.1, 0.15) is 16.7 Å². The van der Waals surface area contributed by atoms with Crippen LogP contribution in [-0.2, 0) is 20.7 Å². The number of halogens is 1. The summed E-state index contributed by atoms with van der Waals surface area (Å²) in [5, 5.41) is 12.0. The Bertz CT molecular complexity index is 839. The van der Waals surface area contributed by atoms with Gasteiger partial charge in [0.2, 0.25) is 0 Å². The van der Waals surface area contributed by atoms with E-state index in [-0.39, 0.29) is 12.5 Å². The normalized spacial score (nSPS) is 10.3. The fourth-order valence-electron chi connectivity index (χ4n) is 2.11. The Morgan fingerprint density at radius 2 is 1.96 bits per heavy atom. The second-order valence-corrected chi connectivity index (χ2v) is 5.84. The largest absolute Gasteiger partial charge is 0.452 e. The van der Waals surface area contributed by atoms with Gasteiger partial charge in [-0.1, -0.05) is 35.9 Å². The van der Waals surface area contributed by atoms with E-state index in [1.54, 1.807) is 36.4 Å². The highest BCUT2D eigenvalue weighted by atomic mass is 35.5. The lowest BCUT2D eigenvalue weighted by molar-refractivity contribution is -0.143. The summed E-state index contributed by atoms with van der Waals surface area (Å²) >= 11 is 5.89. The molecule has 0 aliphatic carbocycles. The number of rotatable bonds is 7. The van der Waals surface area contributed by atoms with E-state index >= 15 is 0 Å². The predicted molar refractivity (Wildman–Crippen MR) is 99.3 cm³/mol. The quantitative estimate of drug-likeness (QED) is 0.601. The molecule has 0 radical (unpaired) electrons. The first kappa shape index (κ1) is 19.2. The summed E-state index contributed by atoms with van der Waals surface area (Å²) in [5.74, 6) is -0.980. The molecular formula is C20H17ClN2O3. The van der Waals surface area contributed by atoms with Crippen molar-refractivity contribution in [2.45, 2.75) is 6.42 Å². The minimum absolute atomic E-state index is 0.341. The number of nitrogens with one attached hydrogen (secondary N) is 1. The molecule has 5 nitrogen and oxygen atoms in total. The van der Waals surface area contributed by atoms with Crippen molar-refractivity contribution in [1.82, 2.24) is 5.32 Å².